The molecule has 0 N–H and O–H groups in total. The van der Waals surface area contributed by atoms with Crippen molar-refractivity contribution in [3.8, 4) is 0 Å². The third-order valence-electron chi connectivity index (χ3n) is 3.82. The van der Waals surface area contributed by atoms with Crippen LogP contribution < -0.4 is 0 Å². The average molecular weight is 406 g/mol. The first-order valence-corrected chi connectivity index (χ1v) is 9.78. The van der Waals surface area contributed by atoms with Gasteiger partial charge in [0.1, 0.15) is 0 Å². The SMILES string of the molecule is Cc1snc2c1[C](C)([K])C(I)N(C(C)C)C2(C)F. The predicted octanol–water partition coefficient (Wildman–Crippen LogP) is 3.46. The van der Waals surface area contributed by atoms with Crippen molar-refractivity contribution in [2.24, 2.45) is 0 Å². The summed E-state index contributed by atoms with van der Waals surface area (Å²) in [4.78, 5) is 3.18. The van der Waals surface area contributed by atoms with E-state index in [0.717, 1.165) is 0 Å². The van der Waals surface area contributed by atoms with Gasteiger partial charge in [-0.1, -0.05) is 0 Å². The summed E-state index contributed by atoms with van der Waals surface area (Å²) in [7, 11) is 0. The summed E-state index contributed by atoms with van der Waals surface area (Å²) in [5.41, 5.74) is 1.86. The quantitative estimate of drug-likeness (QED) is 0.307. The molecule has 0 saturated carbocycles. The Labute approximate surface area is 160 Å². The van der Waals surface area contributed by atoms with Gasteiger partial charge in [-0.25, -0.2) is 0 Å². The Hall–Kier alpha value is 1.89. The van der Waals surface area contributed by atoms with Crippen LogP contribution in [0.15, 0.2) is 0 Å². The van der Waals surface area contributed by atoms with Crippen molar-refractivity contribution in [2.75, 3.05) is 0 Å². The van der Waals surface area contributed by atoms with Crippen LogP contribution in [0, 0.1) is 6.92 Å². The van der Waals surface area contributed by atoms with Gasteiger partial charge in [-0.3, -0.25) is 0 Å². The number of alkyl halides is 2. The van der Waals surface area contributed by atoms with Gasteiger partial charge in [-0.15, -0.1) is 0 Å². The molecule has 0 fully saturated rings. The summed E-state index contributed by atoms with van der Waals surface area (Å²) in [5, 5.41) is 0. The van der Waals surface area contributed by atoms with Crippen molar-refractivity contribution in [1.82, 2.24) is 9.27 Å². The second-order valence-electron chi connectivity index (χ2n) is 5.97. The fourth-order valence-electron chi connectivity index (χ4n) is 2.99. The van der Waals surface area contributed by atoms with Crippen LogP contribution in [0.4, 0.5) is 4.39 Å². The molecule has 18 heavy (non-hydrogen) atoms. The zero-order chi connectivity index (χ0) is 13.9. The van der Waals surface area contributed by atoms with Crippen molar-refractivity contribution in [3.63, 3.8) is 0 Å². The van der Waals surface area contributed by atoms with Crippen molar-refractivity contribution in [1.29, 1.82) is 0 Å². The van der Waals surface area contributed by atoms with Crippen molar-refractivity contribution in [3.05, 3.63) is 16.1 Å². The van der Waals surface area contributed by atoms with E-state index in [4.69, 9.17) is 0 Å². The molecule has 0 amide bonds. The van der Waals surface area contributed by atoms with Crippen LogP contribution in [0.5, 0.6) is 0 Å². The van der Waals surface area contributed by atoms with Crippen LogP contribution in [0.2, 0.25) is 0 Å². The number of nitrogens with zero attached hydrogens (tertiary/aromatic N) is 2. The molecule has 0 saturated heterocycles. The van der Waals surface area contributed by atoms with Crippen LogP contribution >= 0.6 is 34.1 Å². The van der Waals surface area contributed by atoms with Gasteiger partial charge >= 0.3 is 163 Å². The molecule has 6 heteroatoms. The van der Waals surface area contributed by atoms with Crippen molar-refractivity contribution < 1.29 is 4.39 Å². The molecule has 0 spiro atoms. The van der Waals surface area contributed by atoms with Gasteiger partial charge in [0.15, 0.2) is 0 Å². The summed E-state index contributed by atoms with van der Waals surface area (Å²) in [5.74, 6) is -1.45. The third kappa shape index (κ3) is 2.32. The second-order valence-corrected chi connectivity index (χ2v) is 11.4. The Morgan fingerprint density at radius 1 is 1.50 bits per heavy atom. The van der Waals surface area contributed by atoms with Gasteiger partial charge in [0.2, 0.25) is 0 Å². The zero-order valence-corrected chi connectivity index (χ0v) is 17.8. The summed E-state index contributed by atoms with van der Waals surface area (Å²) >= 11 is 4.45. The molecule has 2 heterocycles. The van der Waals surface area contributed by atoms with E-state index in [1.807, 2.05) is 4.90 Å². The van der Waals surface area contributed by atoms with Gasteiger partial charge in [0.05, 0.1) is 0 Å². The minimum absolute atomic E-state index is 0.107. The number of aryl methyl sites for hydroxylation is 1. The predicted molar refractivity (Wildman–Crippen MR) is 83.2 cm³/mol. The maximum absolute atomic E-state index is 15.3. The van der Waals surface area contributed by atoms with Crippen molar-refractivity contribution in [2.45, 2.75) is 50.0 Å². The van der Waals surface area contributed by atoms with Crippen LogP contribution in [-0.4, -0.2) is 68.3 Å². The topological polar surface area (TPSA) is 16.1 Å². The van der Waals surface area contributed by atoms with Gasteiger partial charge in [0.25, 0.3) is 0 Å². The number of rotatable bonds is 1. The van der Waals surface area contributed by atoms with E-state index in [1.165, 1.54) is 22.0 Å². The Morgan fingerprint density at radius 2 is 2.06 bits per heavy atom. The average Bonchev–Trinajstić information content (AvgIpc) is 2.58. The first kappa shape index (κ1) is 16.3. The molecule has 0 aromatic carbocycles. The fourth-order valence-corrected chi connectivity index (χ4v) is 7.08. The molecule has 1 aliphatic heterocycles. The number of halogens is 2. The summed E-state index contributed by atoms with van der Waals surface area (Å²) in [6.07, 6.45) is 0. The number of hydrogen-bond acceptors (Lipinski definition) is 3. The molecule has 0 aliphatic carbocycles. The maximum atomic E-state index is 15.3. The summed E-state index contributed by atoms with van der Waals surface area (Å²) < 4.78 is 20.0. The molecule has 96 valence electrons. The van der Waals surface area contributed by atoms with E-state index in [1.54, 1.807) is 6.92 Å². The molecule has 2 rings (SSSR count). The Kier molecular flexibility index (Phi) is 4.75. The van der Waals surface area contributed by atoms with Crippen molar-refractivity contribution >= 4 is 83.1 Å². The summed E-state index contributed by atoms with van der Waals surface area (Å²) in [6.45, 7) is 10.1. The molecule has 1 aliphatic rings. The van der Waals surface area contributed by atoms with E-state index < -0.39 is 5.79 Å². The zero-order valence-electron chi connectivity index (χ0n) is 11.7. The van der Waals surface area contributed by atoms with E-state index in [-0.39, 0.29) is 9.60 Å². The Morgan fingerprint density at radius 3 is 2.56 bits per heavy atom. The normalized spacial score (nSPS) is 37.1. The molecular formula is C12H17FIKN2S. The number of aromatic nitrogens is 1. The van der Waals surface area contributed by atoms with Gasteiger partial charge in [-0.2, -0.15) is 0 Å². The number of fused-ring (bicyclic) bond motifs is 1. The molecule has 0 radical (unpaired) electrons. The standard InChI is InChI=1S/C12H17FIN2S.K/c1-6(2)16-11(14)7(3)9-8(4)17-15-10(9)12(16,5)13;/h6,11H,1-5H3;. The molecule has 0 bridgehead atoms. The first-order chi connectivity index (χ1) is 8.11. The van der Waals surface area contributed by atoms with E-state index in [2.05, 4.69) is 54.7 Å². The van der Waals surface area contributed by atoms with Crippen LogP contribution in [0.25, 0.3) is 0 Å². The molecule has 1 aromatic heterocycles. The van der Waals surface area contributed by atoms with Gasteiger partial charge in [-0.05, 0) is 0 Å². The second kappa shape index (κ2) is 5.26. The monoisotopic (exact) mass is 406 g/mol. The van der Waals surface area contributed by atoms with Crippen LogP contribution in [-0.2, 0) is 5.30 Å². The summed E-state index contributed by atoms with van der Waals surface area (Å²) in [6, 6.07) is 0.179. The molecular weight excluding hydrogens is 389 g/mol. The van der Waals surface area contributed by atoms with Crippen LogP contribution in [0.3, 0.4) is 0 Å². The van der Waals surface area contributed by atoms with E-state index in [0.29, 0.717) is 54.6 Å². The molecule has 2 nitrogen and oxygen atoms in total. The van der Waals surface area contributed by atoms with E-state index in [9.17, 15) is 0 Å². The third-order valence-corrected chi connectivity index (χ3v) is 10.2. The Balaban J connectivity index is 2.70. The van der Waals surface area contributed by atoms with Gasteiger partial charge < -0.3 is 0 Å². The number of hydrogen-bond donors (Lipinski definition) is 0. The van der Waals surface area contributed by atoms with E-state index >= 15 is 4.39 Å². The molecule has 3 unspecified atom stereocenters. The van der Waals surface area contributed by atoms with Gasteiger partial charge in [0, 0.05) is 0 Å². The molecule has 3 atom stereocenters. The Bertz CT molecular complexity index is 473. The first-order valence-electron chi connectivity index (χ1n) is 6.20. The van der Waals surface area contributed by atoms with Crippen LogP contribution in [0.1, 0.15) is 43.8 Å². The minimum atomic E-state index is -1.45. The fraction of sp³-hybridized carbons (Fsp3) is 0.750. The molecule has 1 aromatic rings.